The number of amides is 2. The van der Waals surface area contributed by atoms with Crippen molar-refractivity contribution in [2.24, 2.45) is 5.41 Å². The van der Waals surface area contributed by atoms with Crippen molar-refractivity contribution in [3.05, 3.63) is 35.3 Å². The van der Waals surface area contributed by atoms with E-state index in [1.54, 1.807) is 0 Å². The zero-order valence-corrected chi connectivity index (χ0v) is 45.6. The molecule has 2 amide bonds. The van der Waals surface area contributed by atoms with Crippen LogP contribution in [0.3, 0.4) is 0 Å². The molecule has 1 saturated heterocycles. The molecule has 7 unspecified atom stereocenters. The Labute approximate surface area is 429 Å². The molecule has 73 heavy (non-hydrogen) atoms. The number of ether oxygens (including phenoxy) is 1. The second-order valence-corrected chi connectivity index (χ2v) is 24.0. The SMILES string of the molecule is CCCCCCc1oc(CCCCCCCCCCC(=O)SCCNC(=O)CCNC(=O)C(O)C(C)(C)COP(=O)(O)OP(=O)(O)OCC2OC(n3cnc4c(N)ncnc43)C(O)C2OP(=O)(O)O)c(C)c1C. The van der Waals surface area contributed by atoms with Crippen LogP contribution in [-0.2, 0) is 63.5 Å². The number of phosphoric ester groups is 3. The Hall–Kier alpha value is -3.16. The number of nitrogen functional groups attached to an aromatic ring is 1. The molecule has 0 aromatic carbocycles. The largest absolute Gasteiger partial charge is 0.481 e. The molecule has 1 aliphatic heterocycles. The zero-order valence-electron chi connectivity index (χ0n) is 42.1. The number of aryl methyl sites for hydroxylation is 2. The lowest BCUT2D eigenvalue weighted by Gasteiger charge is -2.30. The van der Waals surface area contributed by atoms with Gasteiger partial charge in [0, 0.05) is 49.9 Å². The predicted octanol–water partition coefficient (Wildman–Crippen LogP) is 5.75. The summed E-state index contributed by atoms with van der Waals surface area (Å²) in [6, 6.07) is 0. The summed E-state index contributed by atoms with van der Waals surface area (Å²) in [6.45, 7) is 7.12. The fourth-order valence-corrected chi connectivity index (χ4v) is 11.4. The molecule has 0 bridgehead atoms. The van der Waals surface area contributed by atoms with Crippen molar-refractivity contribution < 1.29 is 84.9 Å². The summed E-state index contributed by atoms with van der Waals surface area (Å²) in [7, 11) is -16.4. The number of rotatable bonds is 35. The van der Waals surface area contributed by atoms with E-state index in [2.05, 4.69) is 55.2 Å². The van der Waals surface area contributed by atoms with Crippen molar-refractivity contribution in [1.82, 2.24) is 30.2 Å². The molecule has 414 valence electrons. The van der Waals surface area contributed by atoms with Gasteiger partial charge in [0.05, 0.1) is 19.5 Å². The van der Waals surface area contributed by atoms with Gasteiger partial charge in [-0.05, 0) is 44.2 Å². The summed E-state index contributed by atoms with van der Waals surface area (Å²) < 4.78 is 68.8. The molecule has 29 heteroatoms. The molecule has 25 nitrogen and oxygen atoms in total. The van der Waals surface area contributed by atoms with Crippen molar-refractivity contribution in [2.45, 2.75) is 168 Å². The van der Waals surface area contributed by atoms with Gasteiger partial charge in [-0.3, -0.25) is 32.5 Å². The summed E-state index contributed by atoms with van der Waals surface area (Å²) >= 11 is 1.15. The number of hydrogen-bond acceptors (Lipinski definition) is 19. The third kappa shape index (κ3) is 20.7. The number of fused-ring (bicyclic) bond motifs is 1. The number of unbranched alkanes of at least 4 members (excludes halogenated alkanes) is 10. The lowest BCUT2D eigenvalue weighted by Crippen LogP contribution is -2.46. The van der Waals surface area contributed by atoms with Crippen LogP contribution >= 0.6 is 35.2 Å². The summed E-state index contributed by atoms with van der Waals surface area (Å²) in [5.74, 6) is 1.26. The van der Waals surface area contributed by atoms with Crippen LogP contribution in [0.15, 0.2) is 17.1 Å². The second kappa shape index (κ2) is 29.4. The Morgan fingerprint density at radius 2 is 1.45 bits per heavy atom. The first-order valence-electron chi connectivity index (χ1n) is 24.5. The molecule has 0 radical (unpaired) electrons. The lowest BCUT2D eigenvalue weighted by molar-refractivity contribution is -0.137. The average Bonchev–Trinajstić information content (AvgIpc) is 3.97. The molecule has 4 heterocycles. The maximum Gasteiger partial charge on any atom is 0.481 e. The van der Waals surface area contributed by atoms with Crippen LogP contribution in [-0.4, -0.2) is 123 Å². The predicted molar refractivity (Wildman–Crippen MR) is 268 cm³/mol. The summed E-state index contributed by atoms with van der Waals surface area (Å²) in [5, 5.41) is 26.7. The standard InChI is InChI=1S/C44H74N7O18P3S/c1-6-7-8-15-18-31-29(2)30(3)32(66-31)19-16-13-11-9-10-12-14-17-20-35(53)73-24-23-46-34(52)21-22-47-42(56)39(55)44(4,5)26-65-72(62,63)69-71(60,61)64-25-33-38(68-70(57,58)59)37(54)43(67-33)51-28-50-36-40(45)48-27-49-41(36)51/h27-28,33,37-39,43,54-55H,6-26H2,1-5H3,(H,46,52)(H,47,56)(H,60,61)(H,62,63)(H2,45,48,49)(H2,57,58,59). The Morgan fingerprint density at radius 3 is 2.08 bits per heavy atom. The summed E-state index contributed by atoms with van der Waals surface area (Å²) in [4.78, 5) is 88.7. The van der Waals surface area contributed by atoms with Crippen LogP contribution in [0.4, 0.5) is 5.82 Å². The maximum absolute atomic E-state index is 12.8. The molecule has 10 N–H and O–H groups in total. The molecule has 3 aromatic rings. The number of carbonyl (C=O) groups excluding carboxylic acids is 3. The number of nitrogens with two attached hydrogens (primary N) is 1. The average molecular weight is 1110 g/mol. The number of anilines is 1. The minimum atomic E-state index is -5.58. The monoisotopic (exact) mass is 1110 g/mol. The van der Waals surface area contributed by atoms with E-state index in [4.69, 9.17) is 23.9 Å². The zero-order chi connectivity index (χ0) is 54.0. The number of imidazole rings is 1. The molecule has 0 saturated carbocycles. The van der Waals surface area contributed by atoms with E-state index in [-0.39, 0.29) is 41.6 Å². The van der Waals surface area contributed by atoms with Crippen molar-refractivity contribution >= 4 is 69.1 Å². The maximum atomic E-state index is 12.8. The van der Waals surface area contributed by atoms with Gasteiger partial charge in [0.1, 0.15) is 47.8 Å². The van der Waals surface area contributed by atoms with E-state index in [9.17, 15) is 57.9 Å². The lowest BCUT2D eigenvalue weighted by atomic mass is 9.87. The van der Waals surface area contributed by atoms with Gasteiger partial charge in [0.25, 0.3) is 0 Å². The number of aliphatic hydroxyl groups excluding tert-OH is 2. The second-order valence-electron chi connectivity index (χ2n) is 18.6. The van der Waals surface area contributed by atoms with Crippen LogP contribution in [0.5, 0.6) is 0 Å². The summed E-state index contributed by atoms with van der Waals surface area (Å²) in [5.41, 5.74) is 6.91. The van der Waals surface area contributed by atoms with Crippen molar-refractivity contribution in [3.8, 4) is 0 Å². The van der Waals surface area contributed by atoms with Crippen LogP contribution in [0.2, 0.25) is 0 Å². The van der Waals surface area contributed by atoms with Gasteiger partial charge in [-0.2, -0.15) is 4.31 Å². The van der Waals surface area contributed by atoms with E-state index in [1.165, 1.54) is 69.9 Å². The van der Waals surface area contributed by atoms with Gasteiger partial charge in [-0.1, -0.05) is 90.3 Å². The first kappa shape index (κ1) is 62.4. The molecule has 1 fully saturated rings. The number of hydrogen-bond donors (Lipinski definition) is 9. The van der Waals surface area contributed by atoms with E-state index in [0.717, 1.165) is 85.4 Å². The first-order chi connectivity index (χ1) is 34.3. The third-order valence-electron chi connectivity index (χ3n) is 12.2. The van der Waals surface area contributed by atoms with Crippen LogP contribution in [0.25, 0.3) is 11.2 Å². The van der Waals surface area contributed by atoms with Gasteiger partial charge in [0.15, 0.2) is 22.8 Å². The Balaban J connectivity index is 1.05. The molecule has 1 aliphatic rings. The topological polar surface area (TPSA) is 377 Å². The molecule has 0 aliphatic carbocycles. The summed E-state index contributed by atoms with van der Waals surface area (Å²) in [6.07, 6.45) is 9.17. The van der Waals surface area contributed by atoms with E-state index in [0.29, 0.717) is 12.2 Å². The van der Waals surface area contributed by atoms with Gasteiger partial charge >= 0.3 is 23.5 Å². The number of aromatic nitrogens is 4. The van der Waals surface area contributed by atoms with Crippen molar-refractivity contribution in [2.75, 3.05) is 37.8 Å². The first-order valence-corrected chi connectivity index (χ1v) is 30.0. The highest BCUT2D eigenvalue weighted by Gasteiger charge is 2.50. The number of phosphoric acid groups is 3. The molecule has 0 spiro atoms. The minimum absolute atomic E-state index is 0.0319. The third-order valence-corrected chi connectivity index (χ3v) is 16.2. The van der Waals surface area contributed by atoms with Gasteiger partial charge in [0.2, 0.25) is 11.8 Å². The number of thioether (sulfide) groups is 1. The Kier molecular flexibility index (Phi) is 25.1. The quantitative estimate of drug-likeness (QED) is 0.0250. The van der Waals surface area contributed by atoms with Crippen LogP contribution in [0, 0.1) is 19.3 Å². The fourth-order valence-electron chi connectivity index (χ4n) is 7.89. The highest BCUT2D eigenvalue weighted by atomic mass is 32.2. The van der Waals surface area contributed by atoms with Gasteiger partial charge in [-0.15, -0.1) is 0 Å². The smallest absolute Gasteiger partial charge is 0.466 e. The van der Waals surface area contributed by atoms with Crippen molar-refractivity contribution in [3.63, 3.8) is 0 Å². The number of aliphatic hydroxyl groups is 2. The van der Waals surface area contributed by atoms with Gasteiger partial charge in [-0.25, -0.2) is 28.6 Å². The Bertz CT molecular complexity index is 2400. The molecule has 3 aromatic heterocycles. The van der Waals surface area contributed by atoms with E-state index >= 15 is 0 Å². The Morgan fingerprint density at radius 1 is 0.849 bits per heavy atom. The number of carbonyl (C=O) groups is 3. The molecule has 4 rings (SSSR count). The molecule has 7 atom stereocenters. The van der Waals surface area contributed by atoms with Crippen LogP contribution in [0.1, 0.15) is 140 Å². The number of furan rings is 1. The van der Waals surface area contributed by atoms with Crippen LogP contribution < -0.4 is 16.4 Å². The van der Waals surface area contributed by atoms with E-state index < -0.39 is 84.6 Å². The fraction of sp³-hybridized carbons (Fsp3) is 0.727. The normalized spacial score (nSPS) is 19.4. The number of nitrogens with zero attached hydrogens (tertiary/aromatic N) is 4. The highest BCUT2D eigenvalue weighted by molar-refractivity contribution is 8.13. The minimum Gasteiger partial charge on any atom is -0.466 e. The molecular formula is C44H74N7O18P3S. The van der Waals surface area contributed by atoms with Gasteiger partial charge < -0.3 is 55.3 Å². The highest BCUT2D eigenvalue weighted by Crippen LogP contribution is 2.61. The van der Waals surface area contributed by atoms with Crippen molar-refractivity contribution in [1.29, 1.82) is 0 Å². The number of nitrogens with one attached hydrogen (secondary N) is 2. The van der Waals surface area contributed by atoms with E-state index in [1.807, 2.05) is 0 Å². The molecular weight excluding hydrogens is 1040 g/mol.